The number of aliphatic hydroxyl groups is 1. The summed E-state index contributed by atoms with van der Waals surface area (Å²) in [5.74, 6) is -0.0186. The molecule has 2 aromatic carbocycles. The van der Waals surface area contributed by atoms with Gasteiger partial charge in [0.25, 0.3) is 15.9 Å². The second-order valence-corrected chi connectivity index (χ2v) is 13.0. The number of hydrogen-bond donors (Lipinski definition) is 2. The molecule has 0 unspecified atom stereocenters. The molecule has 2 aromatic rings. The van der Waals surface area contributed by atoms with Crippen LogP contribution in [-0.4, -0.2) is 87.9 Å². The Morgan fingerprint density at radius 2 is 1.85 bits per heavy atom. The Bertz CT molecular complexity index is 1220. The number of nitrogens with one attached hydrogen (secondary N) is 1. The van der Waals surface area contributed by atoms with E-state index in [9.17, 15) is 18.3 Å². The number of rotatable bonds is 7. The molecule has 0 aliphatic carbocycles. The van der Waals surface area contributed by atoms with Crippen molar-refractivity contribution in [2.75, 3.05) is 45.1 Å². The number of sulfonamides is 1. The molecule has 1 aliphatic rings. The molecule has 0 aromatic heterocycles. The summed E-state index contributed by atoms with van der Waals surface area (Å²) in [4.78, 5) is 17.8. The summed E-state index contributed by atoms with van der Waals surface area (Å²) in [5, 5.41) is 10.5. The third-order valence-corrected chi connectivity index (χ3v) is 8.62. The molecule has 0 saturated heterocycles. The summed E-state index contributed by atoms with van der Waals surface area (Å²) in [5.41, 5.74) is 0.440. The van der Waals surface area contributed by atoms with Crippen LogP contribution >= 0.6 is 11.6 Å². The van der Waals surface area contributed by atoms with Crippen molar-refractivity contribution in [1.29, 1.82) is 0 Å². The fraction of sp³-hybridized carbons (Fsp3) is 0.552. The highest BCUT2D eigenvalue weighted by Gasteiger charge is 2.30. The largest absolute Gasteiger partial charge is 0.490 e. The predicted octanol–water partition coefficient (Wildman–Crippen LogP) is 4.50. The first-order chi connectivity index (χ1) is 18.9. The van der Waals surface area contributed by atoms with Crippen molar-refractivity contribution in [3.63, 3.8) is 0 Å². The highest BCUT2D eigenvalue weighted by Crippen LogP contribution is 2.29. The van der Waals surface area contributed by atoms with Crippen LogP contribution < -0.4 is 9.46 Å². The lowest BCUT2D eigenvalue weighted by Gasteiger charge is -2.35. The fourth-order valence-corrected chi connectivity index (χ4v) is 5.81. The Labute approximate surface area is 243 Å². The number of carbonyl (C=O) groups excluding carboxylic acids is 1. The number of carbonyl (C=O) groups is 1. The summed E-state index contributed by atoms with van der Waals surface area (Å²) in [6.45, 7) is 7.20. The van der Waals surface area contributed by atoms with Gasteiger partial charge in [-0.1, -0.05) is 18.5 Å². The molecule has 3 rings (SSSR count). The quantitative estimate of drug-likeness (QED) is 0.485. The first-order valence-electron chi connectivity index (χ1n) is 13.7. The molecule has 2 N–H and O–H groups in total. The maximum Gasteiger partial charge on any atom is 0.261 e. The van der Waals surface area contributed by atoms with E-state index in [0.717, 1.165) is 19.3 Å². The van der Waals surface area contributed by atoms with Gasteiger partial charge in [-0.15, -0.1) is 0 Å². The molecule has 0 fully saturated rings. The molecular weight excluding hydrogens is 554 g/mol. The molecule has 0 spiro atoms. The average molecular weight is 596 g/mol. The molecule has 40 heavy (non-hydrogen) atoms. The van der Waals surface area contributed by atoms with Crippen LogP contribution in [0, 0.1) is 5.92 Å². The van der Waals surface area contributed by atoms with Crippen molar-refractivity contribution in [2.24, 2.45) is 5.92 Å². The summed E-state index contributed by atoms with van der Waals surface area (Å²) in [7, 11) is 0.0459. The SMILES string of the molecule is C[C@@H]1CN([C@H](C)CO)C(=O)c2cc(NS(=O)(=O)c3ccc(Cl)cc3)ccc2O[C@@H](C)CCCCO[C@@H]1CN(C)C. The van der Waals surface area contributed by atoms with E-state index >= 15 is 0 Å². The Hall–Kier alpha value is -2.37. The number of likely N-dealkylation sites (N-methyl/N-ethyl adjacent to an activating group) is 1. The van der Waals surface area contributed by atoms with Gasteiger partial charge in [-0.25, -0.2) is 8.42 Å². The number of benzene rings is 2. The van der Waals surface area contributed by atoms with Crippen LogP contribution in [0.3, 0.4) is 0 Å². The van der Waals surface area contributed by atoms with E-state index in [-0.39, 0.29) is 46.8 Å². The second kappa shape index (κ2) is 14.5. The summed E-state index contributed by atoms with van der Waals surface area (Å²) < 4.78 is 41.1. The zero-order chi connectivity index (χ0) is 29.4. The van der Waals surface area contributed by atoms with Crippen LogP contribution in [0.4, 0.5) is 5.69 Å². The lowest BCUT2D eigenvalue weighted by atomic mass is 10.0. The highest BCUT2D eigenvalue weighted by atomic mass is 35.5. The van der Waals surface area contributed by atoms with Crippen LogP contribution in [0.2, 0.25) is 5.02 Å². The molecular formula is C29H42ClN3O6S. The van der Waals surface area contributed by atoms with Gasteiger partial charge in [-0.2, -0.15) is 0 Å². The van der Waals surface area contributed by atoms with Gasteiger partial charge in [0.05, 0.1) is 35.3 Å². The number of fused-ring (bicyclic) bond motifs is 1. The zero-order valence-electron chi connectivity index (χ0n) is 24.0. The van der Waals surface area contributed by atoms with Gasteiger partial charge < -0.3 is 24.4 Å². The number of halogens is 1. The van der Waals surface area contributed by atoms with Gasteiger partial charge in [-0.05, 0) is 89.7 Å². The Morgan fingerprint density at radius 1 is 1.15 bits per heavy atom. The van der Waals surface area contributed by atoms with Crippen molar-refractivity contribution < 1.29 is 27.8 Å². The van der Waals surface area contributed by atoms with Crippen LogP contribution in [0.15, 0.2) is 47.4 Å². The maximum atomic E-state index is 14.1. The molecule has 0 radical (unpaired) electrons. The standard InChI is InChI=1S/C29H42ClN3O6S/c1-20-17-33(21(2)19-34)29(35)26-16-24(31-40(36,37)25-12-9-23(30)10-13-25)11-14-27(26)39-22(3)8-6-7-15-38-28(20)18-32(4)5/h9-14,16,20-22,28,31,34H,6-8,15,17-19H2,1-5H3/t20-,21-,22+,28-/m1/s1. The molecule has 1 amide bonds. The number of aliphatic hydroxyl groups excluding tert-OH is 1. The summed E-state index contributed by atoms with van der Waals surface area (Å²) in [6, 6.07) is 10.1. The van der Waals surface area contributed by atoms with E-state index in [0.29, 0.717) is 30.5 Å². The molecule has 1 aliphatic heterocycles. The minimum atomic E-state index is -3.93. The average Bonchev–Trinajstić information content (AvgIpc) is 2.90. The van der Waals surface area contributed by atoms with Gasteiger partial charge in [0.1, 0.15) is 5.75 Å². The molecule has 222 valence electrons. The van der Waals surface area contributed by atoms with E-state index in [1.807, 2.05) is 27.9 Å². The van der Waals surface area contributed by atoms with Crippen LogP contribution in [0.5, 0.6) is 5.75 Å². The van der Waals surface area contributed by atoms with Crippen molar-refractivity contribution in [3.05, 3.63) is 53.1 Å². The molecule has 9 nitrogen and oxygen atoms in total. The fourth-order valence-electron chi connectivity index (χ4n) is 4.64. The monoisotopic (exact) mass is 595 g/mol. The van der Waals surface area contributed by atoms with Crippen molar-refractivity contribution in [2.45, 2.75) is 63.2 Å². The van der Waals surface area contributed by atoms with Gasteiger partial charge in [0.15, 0.2) is 0 Å². The molecule has 0 bridgehead atoms. The van der Waals surface area contributed by atoms with Crippen LogP contribution in [0.1, 0.15) is 50.4 Å². The first-order valence-corrected chi connectivity index (χ1v) is 15.5. The zero-order valence-corrected chi connectivity index (χ0v) is 25.5. The number of hydrogen-bond acceptors (Lipinski definition) is 7. The summed E-state index contributed by atoms with van der Waals surface area (Å²) >= 11 is 5.92. The normalized spacial score (nSPS) is 22.2. The van der Waals surface area contributed by atoms with Crippen LogP contribution in [-0.2, 0) is 14.8 Å². The molecule has 4 atom stereocenters. The van der Waals surface area contributed by atoms with E-state index in [1.165, 1.54) is 30.3 Å². The topological polar surface area (TPSA) is 108 Å². The van der Waals surface area contributed by atoms with Crippen molar-refractivity contribution in [1.82, 2.24) is 9.80 Å². The van der Waals surface area contributed by atoms with Crippen molar-refractivity contribution >= 4 is 33.2 Å². The number of ether oxygens (including phenoxy) is 2. The lowest BCUT2D eigenvalue weighted by molar-refractivity contribution is -0.0137. The van der Waals surface area contributed by atoms with E-state index in [4.69, 9.17) is 21.1 Å². The lowest BCUT2D eigenvalue weighted by Crippen LogP contribution is -2.47. The number of anilines is 1. The van der Waals surface area contributed by atoms with Crippen molar-refractivity contribution in [3.8, 4) is 5.75 Å². The molecule has 0 saturated carbocycles. The van der Waals surface area contributed by atoms with E-state index in [2.05, 4.69) is 9.62 Å². The molecule has 1 heterocycles. The minimum Gasteiger partial charge on any atom is -0.490 e. The highest BCUT2D eigenvalue weighted by molar-refractivity contribution is 7.92. The third kappa shape index (κ3) is 8.81. The number of nitrogens with zero attached hydrogens (tertiary/aromatic N) is 2. The Kier molecular flexibility index (Phi) is 11.7. The molecule has 11 heteroatoms. The maximum absolute atomic E-state index is 14.1. The van der Waals surface area contributed by atoms with Gasteiger partial charge >= 0.3 is 0 Å². The van der Waals surface area contributed by atoms with Gasteiger partial charge in [-0.3, -0.25) is 9.52 Å². The minimum absolute atomic E-state index is 0.0295. The van der Waals surface area contributed by atoms with Crippen LogP contribution in [0.25, 0.3) is 0 Å². The van der Waals surface area contributed by atoms with E-state index < -0.39 is 16.1 Å². The smallest absolute Gasteiger partial charge is 0.261 e. The number of amides is 1. The second-order valence-electron chi connectivity index (χ2n) is 10.8. The Morgan fingerprint density at radius 3 is 2.50 bits per heavy atom. The third-order valence-electron chi connectivity index (χ3n) is 6.97. The predicted molar refractivity (Wildman–Crippen MR) is 158 cm³/mol. The van der Waals surface area contributed by atoms with Gasteiger partial charge in [0, 0.05) is 36.3 Å². The summed E-state index contributed by atoms with van der Waals surface area (Å²) in [6.07, 6.45) is 2.28. The van der Waals surface area contributed by atoms with E-state index in [1.54, 1.807) is 24.0 Å². The Balaban J connectivity index is 2.02. The van der Waals surface area contributed by atoms with Gasteiger partial charge in [0.2, 0.25) is 0 Å². The first kappa shape index (κ1) is 32.1.